The van der Waals surface area contributed by atoms with E-state index in [0.717, 1.165) is 18.4 Å². The average molecular weight is 274 g/mol. The Bertz CT molecular complexity index is 442. The van der Waals surface area contributed by atoms with E-state index in [1.165, 1.54) is 12.8 Å². The van der Waals surface area contributed by atoms with Crippen LogP contribution in [0.25, 0.3) is 0 Å². The molecule has 2 rings (SSSR count). The Labute approximate surface area is 121 Å². The second kappa shape index (κ2) is 6.40. The molecule has 1 aliphatic rings. The Morgan fingerprint density at radius 1 is 1.40 bits per heavy atom. The van der Waals surface area contributed by atoms with Crippen LogP contribution in [-0.2, 0) is 4.79 Å². The first kappa shape index (κ1) is 15.0. The van der Waals surface area contributed by atoms with E-state index in [1.54, 1.807) is 0 Å². The van der Waals surface area contributed by atoms with Crippen LogP contribution in [0.2, 0.25) is 0 Å². The molecule has 1 aliphatic carbocycles. The molecule has 0 spiro atoms. The van der Waals surface area contributed by atoms with Crippen molar-refractivity contribution in [1.82, 2.24) is 5.32 Å². The van der Waals surface area contributed by atoms with Gasteiger partial charge in [0.25, 0.3) is 0 Å². The third-order valence-corrected chi connectivity index (χ3v) is 4.31. The van der Waals surface area contributed by atoms with Gasteiger partial charge in [-0.15, -0.1) is 0 Å². The second-order valence-corrected chi connectivity index (χ2v) is 6.67. The van der Waals surface area contributed by atoms with Crippen molar-refractivity contribution in [2.24, 2.45) is 11.1 Å². The van der Waals surface area contributed by atoms with Crippen LogP contribution >= 0.6 is 0 Å². The molecule has 1 aromatic rings. The molecule has 1 saturated carbocycles. The first-order valence-corrected chi connectivity index (χ1v) is 7.57. The monoisotopic (exact) mass is 274 g/mol. The molecule has 3 N–H and O–H groups in total. The minimum atomic E-state index is -0.235. The number of nitrogens with one attached hydrogen (secondary N) is 1. The minimum Gasteiger partial charge on any atom is -0.353 e. The van der Waals surface area contributed by atoms with E-state index in [-0.39, 0.29) is 11.8 Å². The lowest BCUT2D eigenvalue weighted by Crippen LogP contribution is -2.44. The molecule has 3 nitrogen and oxygen atoms in total. The molecule has 1 fully saturated rings. The fourth-order valence-corrected chi connectivity index (χ4v) is 3.20. The number of rotatable bonds is 4. The normalized spacial score (nSPS) is 23.1. The average Bonchev–Trinajstić information content (AvgIpc) is 2.39. The van der Waals surface area contributed by atoms with Gasteiger partial charge in [0.1, 0.15) is 0 Å². The number of carbonyl (C=O) groups excluding carboxylic acids is 1. The topological polar surface area (TPSA) is 55.1 Å². The maximum atomic E-state index is 12.5. The number of carbonyl (C=O) groups is 1. The summed E-state index contributed by atoms with van der Waals surface area (Å²) in [7, 11) is 0. The van der Waals surface area contributed by atoms with Gasteiger partial charge in [0, 0.05) is 12.6 Å². The van der Waals surface area contributed by atoms with Crippen LogP contribution in [-0.4, -0.2) is 18.5 Å². The summed E-state index contributed by atoms with van der Waals surface area (Å²) >= 11 is 0. The Morgan fingerprint density at radius 3 is 2.70 bits per heavy atom. The third-order valence-electron chi connectivity index (χ3n) is 4.31. The van der Waals surface area contributed by atoms with Gasteiger partial charge >= 0.3 is 0 Å². The number of hydrogen-bond donors (Lipinski definition) is 2. The maximum absolute atomic E-state index is 12.5. The zero-order valence-corrected chi connectivity index (χ0v) is 12.6. The van der Waals surface area contributed by atoms with Crippen LogP contribution in [0, 0.1) is 5.41 Å². The van der Waals surface area contributed by atoms with Gasteiger partial charge < -0.3 is 11.1 Å². The van der Waals surface area contributed by atoms with E-state index >= 15 is 0 Å². The standard InChI is InChI=1S/C17H26N2O/c1-17(2)10-6-9-14(11-17)19-16(20)15(12-18)13-7-4-3-5-8-13/h3-5,7-8,14-15H,6,9-12,18H2,1-2H3,(H,19,20). The summed E-state index contributed by atoms with van der Waals surface area (Å²) < 4.78 is 0. The highest BCUT2D eigenvalue weighted by molar-refractivity contribution is 5.84. The van der Waals surface area contributed by atoms with Crippen LogP contribution in [0.5, 0.6) is 0 Å². The van der Waals surface area contributed by atoms with Gasteiger partial charge in [0.15, 0.2) is 0 Å². The molecule has 2 unspecified atom stereocenters. The molecule has 2 atom stereocenters. The lowest BCUT2D eigenvalue weighted by molar-refractivity contribution is -0.123. The third kappa shape index (κ3) is 3.83. The van der Waals surface area contributed by atoms with E-state index in [4.69, 9.17) is 5.73 Å². The molecule has 20 heavy (non-hydrogen) atoms. The maximum Gasteiger partial charge on any atom is 0.229 e. The fourth-order valence-electron chi connectivity index (χ4n) is 3.20. The summed E-state index contributed by atoms with van der Waals surface area (Å²) in [6, 6.07) is 10.1. The number of amides is 1. The van der Waals surface area contributed by atoms with Gasteiger partial charge in [-0.2, -0.15) is 0 Å². The predicted molar refractivity (Wildman–Crippen MR) is 82.4 cm³/mol. The summed E-state index contributed by atoms with van der Waals surface area (Å²) in [6.45, 7) is 4.91. The molecule has 110 valence electrons. The highest BCUT2D eigenvalue weighted by Crippen LogP contribution is 2.35. The number of benzene rings is 1. The lowest BCUT2D eigenvalue weighted by Gasteiger charge is -2.36. The second-order valence-electron chi connectivity index (χ2n) is 6.67. The minimum absolute atomic E-state index is 0.0707. The highest BCUT2D eigenvalue weighted by Gasteiger charge is 2.30. The highest BCUT2D eigenvalue weighted by atomic mass is 16.1. The van der Waals surface area contributed by atoms with Gasteiger partial charge in [-0.25, -0.2) is 0 Å². The smallest absolute Gasteiger partial charge is 0.229 e. The van der Waals surface area contributed by atoms with Gasteiger partial charge in [0.05, 0.1) is 5.92 Å². The van der Waals surface area contributed by atoms with Crippen molar-refractivity contribution in [1.29, 1.82) is 0 Å². The van der Waals surface area contributed by atoms with Crippen molar-refractivity contribution < 1.29 is 4.79 Å². The summed E-state index contributed by atoms with van der Waals surface area (Å²) in [5, 5.41) is 3.21. The molecule has 0 aromatic heterocycles. The van der Waals surface area contributed by atoms with Crippen LogP contribution in [0.4, 0.5) is 0 Å². The predicted octanol–water partition coefficient (Wildman–Crippen LogP) is 2.81. The molecule has 3 heteroatoms. The van der Waals surface area contributed by atoms with E-state index in [1.807, 2.05) is 30.3 Å². The Hall–Kier alpha value is -1.35. The SMILES string of the molecule is CC1(C)CCCC(NC(=O)C(CN)c2ccccc2)C1. The molecule has 0 aliphatic heterocycles. The lowest BCUT2D eigenvalue weighted by atomic mass is 9.75. The molecule has 0 radical (unpaired) electrons. The Balaban J connectivity index is 1.99. The van der Waals surface area contributed by atoms with E-state index in [2.05, 4.69) is 19.2 Å². The van der Waals surface area contributed by atoms with Gasteiger partial charge in [0.2, 0.25) is 5.91 Å². The molecular weight excluding hydrogens is 248 g/mol. The van der Waals surface area contributed by atoms with Crippen molar-refractivity contribution in [3.63, 3.8) is 0 Å². The molecular formula is C17H26N2O. The molecule has 0 heterocycles. The van der Waals surface area contributed by atoms with Crippen LogP contribution in [0.15, 0.2) is 30.3 Å². The number of nitrogens with two attached hydrogens (primary N) is 1. The van der Waals surface area contributed by atoms with Crippen molar-refractivity contribution in [2.45, 2.75) is 51.5 Å². The Morgan fingerprint density at radius 2 is 2.10 bits per heavy atom. The molecule has 0 saturated heterocycles. The van der Waals surface area contributed by atoms with Crippen LogP contribution in [0.1, 0.15) is 51.0 Å². The fraction of sp³-hybridized carbons (Fsp3) is 0.588. The van der Waals surface area contributed by atoms with E-state index in [0.29, 0.717) is 18.0 Å². The van der Waals surface area contributed by atoms with Crippen molar-refractivity contribution >= 4 is 5.91 Å². The van der Waals surface area contributed by atoms with Crippen molar-refractivity contribution in [2.75, 3.05) is 6.54 Å². The zero-order valence-electron chi connectivity index (χ0n) is 12.6. The quantitative estimate of drug-likeness (QED) is 0.887. The van der Waals surface area contributed by atoms with Gasteiger partial charge in [-0.3, -0.25) is 4.79 Å². The van der Waals surface area contributed by atoms with Gasteiger partial charge in [-0.1, -0.05) is 50.6 Å². The molecule has 1 aromatic carbocycles. The first-order chi connectivity index (χ1) is 9.52. The molecule has 0 bridgehead atoms. The van der Waals surface area contributed by atoms with E-state index < -0.39 is 0 Å². The summed E-state index contributed by atoms with van der Waals surface area (Å²) in [5.74, 6) is -0.164. The van der Waals surface area contributed by atoms with Crippen LogP contribution in [0.3, 0.4) is 0 Å². The van der Waals surface area contributed by atoms with Crippen molar-refractivity contribution in [3.8, 4) is 0 Å². The first-order valence-electron chi connectivity index (χ1n) is 7.57. The van der Waals surface area contributed by atoms with Crippen LogP contribution < -0.4 is 11.1 Å². The summed E-state index contributed by atoms with van der Waals surface area (Å²) in [5.41, 5.74) is 7.14. The number of hydrogen-bond acceptors (Lipinski definition) is 2. The van der Waals surface area contributed by atoms with Crippen molar-refractivity contribution in [3.05, 3.63) is 35.9 Å². The van der Waals surface area contributed by atoms with E-state index in [9.17, 15) is 4.79 Å². The largest absolute Gasteiger partial charge is 0.353 e. The summed E-state index contributed by atoms with van der Waals surface area (Å²) in [4.78, 5) is 12.5. The zero-order chi connectivity index (χ0) is 14.6. The molecule has 1 amide bonds. The van der Waals surface area contributed by atoms with Gasteiger partial charge in [-0.05, 0) is 30.2 Å². The Kier molecular flexibility index (Phi) is 4.81. The summed E-state index contributed by atoms with van der Waals surface area (Å²) in [6.07, 6.45) is 4.58.